The van der Waals surface area contributed by atoms with Gasteiger partial charge in [0.2, 0.25) is 5.91 Å². The Kier molecular flexibility index (Phi) is 6.69. The summed E-state index contributed by atoms with van der Waals surface area (Å²) in [6, 6.07) is 0. The number of nitrogens with zero attached hydrogens (tertiary/aromatic N) is 1. The lowest BCUT2D eigenvalue weighted by Crippen LogP contribution is -2.37. The summed E-state index contributed by atoms with van der Waals surface area (Å²) >= 11 is 0. The van der Waals surface area contributed by atoms with Crippen molar-refractivity contribution in [1.29, 1.82) is 0 Å². The second-order valence-electron chi connectivity index (χ2n) is 6.10. The third kappa shape index (κ3) is 4.97. The Bertz CT molecular complexity index is 247. The zero-order valence-electron chi connectivity index (χ0n) is 12.5. The molecule has 0 aromatic rings. The zero-order chi connectivity index (χ0) is 13.5. The first-order valence-corrected chi connectivity index (χ1v) is 7.53. The van der Waals surface area contributed by atoms with Gasteiger partial charge in [-0.05, 0) is 50.6 Å². The number of rotatable bonds is 6. The summed E-state index contributed by atoms with van der Waals surface area (Å²) in [5, 5.41) is 3.39. The molecule has 106 valence electrons. The molecule has 1 rings (SSSR count). The first-order valence-electron chi connectivity index (χ1n) is 7.53. The minimum atomic E-state index is 0.345. The highest BCUT2D eigenvalue weighted by Crippen LogP contribution is 2.25. The molecule has 3 nitrogen and oxygen atoms in total. The standard InChI is InChI=1S/C15H30N2O/c1-5-17(11-12(2)3)15(18)10-13(4)14-6-8-16-9-7-14/h12-14,16H,5-11H2,1-4H3. The molecule has 1 saturated heterocycles. The Balaban J connectivity index is 2.41. The number of carbonyl (C=O) groups is 1. The van der Waals surface area contributed by atoms with Gasteiger partial charge in [-0.2, -0.15) is 0 Å². The molecule has 1 aliphatic heterocycles. The van der Waals surface area contributed by atoms with Gasteiger partial charge < -0.3 is 10.2 Å². The van der Waals surface area contributed by atoms with Crippen molar-refractivity contribution in [2.75, 3.05) is 26.2 Å². The van der Waals surface area contributed by atoms with E-state index >= 15 is 0 Å². The van der Waals surface area contributed by atoms with Gasteiger partial charge in [-0.3, -0.25) is 4.79 Å². The Labute approximate surface area is 112 Å². The van der Waals surface area contributed by atoms with Gasteiger partial charge in [0.1, 0.15) is 0 Å². The van der Waals surface area contributed by atoms with Gasteiger partial charge in [-0.1, -0.05) is 20.8 Å². The normalized spacial score (nSPS) is 18.9. The average Bonchev–Trinajstić information content (AvgIpc) is 2.36. The molecule has 1 fully saturated rings. The lowest BCUT2D eigenvalue weighted by Gasteiger charge is -2.30. The SMILES string of the molecule is CCN(CC(C)C)C(=O)CC(C)C1CCNCC1. The molecule has 0 saturated carbocycles. The average molecular weight is 254 g/mol. The fraction of sp³-hybridized carbons (Fsp3) is 0.933. The highest BCUT2D eigenvalue weighted by atomic mass is 16.2. The van der Waals surface area contributed by atoms with Gasteiger partial charge in [0.05, 0.1) is 0 Å². The van der Waals surface area contributed by atoms with E-state index in [1.165, 1.54) is 12.8 Å². The lowest BCUT2D eigenvalue weighted by molar-refractivity contribution is -0.132. The summed E-state index contributed by atoms with van der Waals surface area (Å²) in [6.07, 6.45) is 3.18. The van der Waals surface area contributed by atoms with Crippen molar-refractivity contribution >= 4 is 5.91 Å². The fourth-order valence-corrected chi connectivity index (χ4v) is 2.83. The lowest BCUT2D eigenvalue weighted by atomic mass is 9.84. The van der Waals surface area contributed by atoms with E-state index in [9.17, 15) is 4.79 Å². The molecule has 1 aliphatic rings. The van der Waals surface area contributed by atoms with Crippen molar-refractivity contribution in [3.63, 3.8) is 0 Å². The molecule has 18 heavy (non-hydrogen) atoms. The van der Waals surface area contributed by atoms with Gasteiger partial charge in [0, 0.05) is 19.5 Å². The first kappa shape index (κ1) is 15.5. The van der Waals surface area contributed by atoms with Crippen molar-refractivity contribution < 1.29 is 4.79 Å². The zero-order valence-corrected chi connectivity index (χ0v) is 12.5. The molecule has 1 heterocycles. The van der Waals surface area contributed by atoms with Gasteiger partial charge in [-0.15, -0.1) is 0 Å². The smallest absolute Gasteiger partial charge is 0.222 e. The second-order valence-corrected chi connectivity index (χ2v) is 6.10. The van der Waals surface area contributed by atoms with E-state index in [4.69, 9.17) is 0 Å². The summed E-state index contributed by atoms with van der Waals surface area (Å²) < 4.78 is 0. The first-order chi connectivity index (χ1) is 8.54. The fourth-order valence-electron chi connectivity index (χ4n) is 2.83. The molecule has 0 aromatic heterocycles. The summed E-state index contributed by atoms with van der Waals surface area (Å²) in [4.78, 5) is 14.3. The van der Waals surface area contributed by atoms with E-state index < -0.39 is 0 Å². The van der Waals surface area contributed by atoms with Crippen LogP contribution >= 0.6 is 0 Å². The van der Waals surface area contributed by atoms with Crippen LogP contribution in [0, 0.1) is 17.8 Å². The Morgan fingerprint density at radius 2 is 1.89 bits per heavy atom. The van der Waals surface area contributed by atoms with Crippen LogP contribution in [0.2, 0.25) is 0 Å². The largest absolute Gasteiger partial charge is 0.343 e. The molecule has 0 radical (unpaired) electrons. The molecule has 0 spiro atoms. The quantitative estimate of drug-likeness (QED) is 0.790. The van der Waals surface area contributed by atoms with E-state index in [0.717, 1.165) is 38.5 Å². The molecule has 3 heteroatoms. The molecule has 0 aliphatic carbocycles. The summed E-state index contributed by atoms with van der Waals surface area (Å²) in [5.41, 5.74) is 0. The van der Waals surface area contributed by atoms with Crippen molar-refractivity contribution in [2.24, 2.45) is 17.8 Å². The van der Waals surface area contributed by atoms with Crippen LogP contribution in [0.4, 0.5) is 0 Å². The van der Waals surface area contributed by atoms with Gasteiger partial charge in [-0.25, -0.2) is 0 Å². The van der Waals surface area contributed by atoms with E-state index in [1.807, 2.05) is 4.90 Å². The predicted molar refractivity (Wildman–Crippen MR) is 76.5 cm³/mol. The Morgan fingerprint density at radius 3 is 2.39 bits per heavy atom. The maximum Gasteiger partial charge on any atom is 0.222 e. The third-order valence-electron chi connectivity index (χ3n) is 4.01. The van der Waals surface area contributed by atoms with Crippen LogP contribution in [0.1, 0.15) is 47.0 Å². The van der Waals surface area contributed by atoms with Gasteiger partial charge >= 0.3 is 0 Å². The van der Waals surface area contributed by atoms with Crippen LogP contribution in [0.3, 0.4) is 0 Å². The van der Waals surface area contributed by atoms with Gasteiger partial charge in [0.15, 0.2) is 0 Å². The van der Waals surface area contributed by atoms with Crippen LogP contribution in [0.25, 0.3) is 0 Å². The van der Waals surface area contributed by atoms with Crippen molar-refractivity contribution in [3.05, 3.63) is 0 Å². The summed E-state index contributed by atoms with van der Waals surface area (Å²) in [5.74, 6) is 2.16. The van der Waals surface area contributed by atoms with E-state index in [1.54, 1.807) is 0 Å². The molecule has 0 bridgehead atoms. The number of piperidine rings is 1. The number of hydrogen-bond acceptors (Lipinski definition) is 2. The maximum absolute atomic E-state index is 12.3. The molecular weight excluding hydrogens is 224 g/mol. The van der Waals surface area contributed by atoms with E-state index in [0.29, 0.717) is 17.7 Å². The maximum atomic E-state index is 12.3. The van der Waals surface area contributed by atoms with E-state index in [2.05, 4.69) is 33.0 Å². The van der Waals surface area contributed by atoms with Crippen molar-refractivity contribution in [1.82, 2.24) is 10.2 Å². The van der Waals surface area contributed by atoms with Crippen LogP contribution in [0.15, 0.2) is 0 Å². The number of hydrogen-bond donors (Lipinski definition) is 1. The molecule has 1 N–H and O–H groups in total. The third-order valence-corrected chi connectivity index (χ3v) is 4.01. The van der Waals surface area contributed by atoms with Crippen LogP contribution in [-0.2, 0) is 4.79 Å². The second kappa shape index (κ2) is 7.78. The molecular formula is C15H30N2O. The van der Waals surface area contributed by atoms with Gasteiger partial charge in [0.25, 0.3) is 0 Å². The Morgan fingerprint density at radius 1 is 1.28 bits per heavy atom. The van der Waals surface area contributed by atoms with Crippen LogP contribution < -0.4 is 5.32 Å². The molecule has 1 unspecified atom stereocenters. The minimum Gasteiger partial charge on any atom is -0.343 e. The Hall–Kier alpha value is -0.570. The number of carbonyl (C=O) groups excluding carboxylic acids is 1. The van der Waals surface area contributed by atoms with Crippen molar-refractivity contribution in [2.45, 2.75) is 47.0 Å². The molecule has 1 atom stereocenters. The monoisotopic (exact) mass is 254 g/mol. The van der Waals surface area contributed by atoms with Crippen LogP contribution in [-0.4, -0.2) is 37.0 Å². The summed E-state index contributed by atoms with van der Waals surface area (Å²) in [6.45, 7) is 12.6. The number of nitrogens with one attached hydrogen (secondary N) is 1. The highest BCUT2D eigenvalue weighted by molar-refractivity contribution is 5.76. The van der Waals surface area contributed by atoms with Crippen LogP contribution in [0.5, 0.6) is 0 Å². The highest BCUT2D eigenvalue weighted by Gasteiger charge is 2.24. The topological polar surface area (TPSA) is 32.3 Å². The minimum absolute atomic E-state index is 0.345. The molecule has 1 amide bonds. The van der Waals surface area contributed by atoms with E-state index in [-0.39, 0.29) is 0 Å². The van der Waals surface area contributed by atoms with Crippen molar-refractivity contribution in [3.8, 4) is 0 Å². The molecule has 0 aromatic carbocycles. The number of amides is 1. The predicted octanol–water partition coefficient (Wildman–Crippen LogP) is 2.52. The summed E-state index contributed by atoms with van der Waals surface area (Å²) in [7, 11) is 0.